The van der Waals surface area contributed by atoms with Gasteiger partial charge < -0.3 is 0 Å². The first-order valence-electron chi connectivity index (χ1n) is 6.91. The van der Waals surface area contributed by atoms with Crippen molar-refractivity contribution >= 4 is 52.1 Å². The second-order valence-electron chi connectivity index (χ2n) is 5.10. The van der Waals surface area contributed by atoms with E-state index in [0.717, 1.165) is 0 Å². The highest BCUT2D eigenvalue weighted by atomic mass is 35.5. The Morgan fingerprint density at radius 1 is 0.760 bits per heavy atom. The van der Waals surface area contributed by atoms with E-state index in [9.17, 15) is 10.1 Å². The number of aromatic nitrogens is 1. The smallest absolute Gasteiger partial charge is 0.263 e. The molecule has 0 N–H and O–H groups in total. The molecule has 3 aromatic rings. The fraction of sp³-hybridized carbons (Fsp3) is 0. The van der Waals surface area contributed by atoms with Gasteiger partial charge in [-0.05, 0) is 35.4 Å². The summed E-state index contributed by atoms with van der Waals surface area (Å²) in [6.45, 7) is 0. The standard InChI is InChI=1S/C17H8Cl4N2O2/c18-13-3-1-9(5-15(13)20)11-7-22-8-12(17(11)23(24)25)10-2-4-14(19)16(21)6-10/h1-8H. The normalized spacial score (nSPS) is 10.7. The maximum atomic E-state index is 11.8. The molecule has 25 heavy (non-hydrogen) atoms. The first-order valence-corrected chi connectivity index (χ1v) is 8.43. The van der Waals surface area contributed by atoms with Crippen LogP contribution < -0.4 is 0 Å². The molecule has 8 heteroatoms. The summed E-state index contributed by atoms with van der Waals surface area (Å²) in [6, 6.07) is 9.58. The monoisotopic (exact) mass is 412 g/mol. The van der Waals surface area contributed by atoms with E-state index >= 15 is 0 Å². The molecule has 4 nitrogen and oxygen atoms in total. The van der Waals surface area contributed by atoms with Gasteiger partial charge in [0.15, 0.2) is 0 Å². The van der Waals surface area contributed by atoms with Crippen LogP contribution >= 0.6 is 46.4 Å². The number of halogens is 4. The maximum absolute atomic E-state index is 11.8. The summed E-state index contributed by atoms with van der Waals surface area (Å²) < 4.78 is 0. The Morgan fingerprint density at radius 3 is 1.56 bits per heavy atom. The van der Waals surface area contributed by atoms with Crippen LogP contribution in [0.15, 0.2) is 48.8 Å². The Hall–Kier alpha value is -1.85. The van der Waals surface area contributed by atoms with Crippen molar-refractivity contribution in [3.05, 3.63) is 79.0 Å². The average Bonchev–Trinajstić information content (AvgIpc) is 2.59. The van der Waals surface area contributed by atoms with E-state index in [4.69, 9.17) is 46.4 Å². The molecule has 3 rings (SSSR count). The van der Waals surface area contributed by atoms with E-state index < -0.39 is 4.92 Å². The highest BCUT2D eigenvalue weighted by Gasteiger charge is 2.23. The third-order valence-corrected chi connectivity index (χ3v) is 5.04. The van der Waals surface area contributed by atoms with Crippen molar-refractivity contribution < 1.29 is 4.92 Å². The summed E-state index contributed by atoms with van der Waals surface area (Å²) in [5.41, 5.74) is 1.62. The quantitative estimate of drug-likeness (QED) is 0.345. The topological polar surface area (TPSA) is 56.0 Å². The van der Waals surface area contributed by atoms with Crippen LogP contribution in [0.2, 0.25) is 20.1 Å². The highest BCUT2D eigenvalue weighted by molar-refractivity contribution is 6.42. The zero-order valence-electron chi connectivity index (χ0n) is 12.3. The van der Waals surface area contributed by atoms with E-state index in [1.807, 2.05) is 0 Å². The van der Waals surface area contributed by atoms with Crippen LogP contribution in [0.1, 0.15) is 0 Å². The minimum Gasteiger partial charge on any atom is -0.263 e. The van der Waals surface area contributed by atoms with Crippen molar-refractivity contribution in [2.45, 2.75) is 0 Å². The second kappa shape index (κ2) is 7.18. The summed E-state index contributed by atoms with van der Waals surface area (Å²) in [5, 5.41) is 13.1. The summed E-state index contributed by atoms with van der Waals surface area (Å²) in [7, 11) is 0. The highest BCUT2D eigenvalue weighted by Crippen LogP contribution is 2.40. The average molecular weight is 414 g/mol. The Morgan fingerprint density at radius 2 is 1.20 bits per heavy atom. The molecule has 0 bridgehead atoms. The number of hydrogen-bond donors (Lipinski definition) is 0. The number of hydrogen-bond acceptors (Lipinski definition) is 3. The third kappa shape index (κ3) is 3.58. The van der Waals surface area contributed by atoms with Crippen LogP contribution in [0.3, 0.4) is 0 Å². The van der Waals surface area contributed by atoms with Gasteiger partial charge in [-0.1, -0.05) is 58.5 Å². The number of rotatable bonds is 3. The Kier molecular flexibility index (Phi) is 5.16. The van der Waals surface area contributed by atoms with Gasteiger partial charge in [0.1, 0.15) is 0 Å². The van der Waals surface area contributed by atoms with E-state index in [1.54, 1.807) is 36.4 Å². The SMILES string of the molecule is O=[N+]([O-])c1c(-c2ccc(Cl)c(Cl)c2)cncc1-c1ccc(Cl)c(Cl)c1. The molecule has 0 aliphatic rings. The molecule has 126 valence electrons. The predicted molar refractivity (Wildman–Crippen MR) is 102 cm³/mol. The fourth-order valence-electron chi connectivity index (χ4n) is 2.40. The maximum Gasteiger partial charge on any atom is 0.288 e. The van der Waals surface area contributed by atoms with E-state index in [0.29, 0.717) is 42.3 Å². The Bertz CT molecular complexity index is 923. The van der Waals surface area contributed by atoms with E-state index in [1.165, 1.54) is 12.4 Å². The molecule has 0 aliphatic heterocycles. The van der Waals surface area contributed by atoms with Crippen molar-refractivity contribution in [1.82, 2.24) is 4.98 Å². The van der Waals surface area contributed by atoms with Crippen LogP contribution in [-0.2, 0) is 0 Å². The zero-order chi connectivity index (χ0) is 18.1. The molecule has 0 saturated carbocycles. The first-order chi connectivity index (χ1) is 11.9. The fourth-order valence-corrected chi connectivity index (χ4v) is 3.00. The molecule has 1 aromatic heterocycles. The molecule has 0 amide bonds. The molecular formula is C17H8Cl4N2O2. The molecule has 0 saturated heterocycles. The van der Waals surface area contributed by atoms with Crippen LogP contribution in [0.25, 0.3) is 22.3 Å². The lowest BCUT2D eigenvalue weighted by molar-refractivity contribution is -0.383. The summed E-state index contributed by atoms with van der Waals surface area (Å²) in [5.74, 6) is 0. The van der Waals surface area contributed by atoms with Gasteiger partial charge in [-0.2, -0.15) is 0 Å². The van der Waals surface area contributed by atoms with Gasteiger partial charge in [-0.3, -0.25) is 15.1 Å². The van der Waals surface area contributed by atoms with Gasteiger partial charge in [0, 0.05) is 12.4 Å². The number of benzene rings is 2. The molecule has 0 spiro atoms. The van der Waals surface area contributed by atoms with Crippen LogP contribution in [-0.4, -0.2) is 9.91 Å². The van der Waals surface area contributed by atoms with Gasteiger partial charge in [0.2, 0.25) is 0 Å². The minimum atomic E-state index is -0.461. The van der Waals surface area contributed by atoms with E-state index in [-0.39, 0.29) is 5.69 Å². The Labute approximate surface area is 163 Å². The Balaban J connectivity index is 2.26. The van der Waals surface area contributed by atoms with E-state index in [2.05, 4.69) is 4.98 Å². The van der Waals surface area contributed by atoms with Gasteiger partial charge in [0.05, 0.1) is 36.1 Å². The largest absolute Gasteiger partial charge is 0.288 e. The van der Waals surface area contributed by atoms with Crippen molar-refractivity contribution in [2.75, 3.05) is 0 Å². The van der Waals surface area contributed by atoms with Crippen molar-refractivity contribution in [3.8, 4) is 22.3 Å². The van der Waals surface area contributed by atoms with Crippen molar-refractivity contribution in [3.63, 3.8) is 0 Å². The molecule has 1 heterocycles. The second-order valence-corrected chi connectivity index (χ2v) is 6.73. The molecule has 0 unspecified atom stereocenters. The lowest BCUT2D eigenvalue weighted by Gasteiger charge is -2.09. The van der Waals surface area contributed by atoms with Gasteiger partial charge in [0.25, 0.3) is 5.69 Å². The molecule has 0 aliphatic carbocycles. The lowest BCUT2D eigenvalue weighted by atomic mass is 9.99. The molecule has 0 atom stereocenters. The number of nitro groups is 1. The lowest BCUT2D eigenvalue weighted by Crippen LogP contribution is -1.97. The molecule has 0 radical (unpaired) electrons. The number of pyridine rings is 1. The van der Waals surface area contributed by atoms with Gasteiger partial charge in [-0.25, -0.2) is 0 Å². The third-order valence-electron chi connectivity index (χ3n) is 3.56. The van der Waals surface area contributed by atoms with Crippen LogP contribution in [0.5, 0.6) is 0 Å². The summed E-state index contributed by atoms with van der Waals surface area (Å²) in [4.78, 5) is 15.4. The van der Waals surface area contributed by atoms with Crippen LogP contribution in [0.4, 0.5) is 5.69 Å². The predicted octanol–water partition coefficient (Wildman–Crippen LogP) is 6.94. The first kappa shape index (κ1) is 18.0. The summed E-state index contributed by atoms with van der Waals surface area (Å²) >= 11 is 23.9. The van der Waals surface area contributed by atoms with Crippen molar-refractivity contribution in [2.24, 2.45) is 0 Å². The zero-order valence-corrected chi connectivity index (χ0v) is 15.4. The van der Waals surface area contributed by atoms with Crippen LogP contribution in [0, 0.1) is 10.1 Å². The van der Waals surface area contributed by atoms with Gasteiger partial charge in [-0.15, -0.1) is 0 Å². The molecular weight excluding hydrogens is 406 g/mol. The van der Waals surface area contributed by atoms with Gasteiger partial charge >= 0.3 is 0 Å². The molecule has 0 fully saturated rings. The number of nitrogens with zero attached hydrogens (tertiary/aromatic N) is 2. The summed E-state index contributed by atoms with van der Waals surface area (Å²) in [6.07, 6.45) is 2.83. The molecule has 2 aromatic carbocycles. The minimum absolute atomic E-state index is 0.105. The van der Waals surface area contributed by atoms with Crippen molar-refractivity contribution in [1.29, 1.82) is 0 Å².